The summed E-state index contributed by atoms with van der Waals surface area (Å²) >= 11 is 0. The predicted octanol–water partition coefficient (Wildman–Crippen LogP) is 0.294. The summed E-state index contributed by atoms with van der Waals surface area (Å²) in [4.78, 5) is 24.7. The number of carbonyl (C=O) groups excluding carboxylic acids is 1. The van der Waals surface area contributed by atoms with Crippen molar-refractivity contribution in [3.63, 3.8) is 0 Å². The minimum atomic E-state index is -0.0363. The van der Waals surface area contributed by atoms with Gasteiger partial charge in [0, 0.05) is 32.7 Å². The summed E-state index contributed by atoms with van der Waals surface area (Å²) in [5.74, 6) is 0.628. The van der Waals surface area contributed by atoms with Crippen LogP contribution in [0.15, 0.2) is 12.4 Å². The molecule has 1 saturated heterocycles. The number of piperazine rings is 1. The third kappa shape index (κ3) is 2.59. The lowest BCUT2D eigenvalue weighted by Gasteiger charge is -2.37. The van der Waals surface area contributed by atoms with Gasteiger partial charge >= 0.3 is 0 Å². The summed E-state index contributed by atoms with van der Waals surface area (Å²) in [6, 6.07) is 0.210. The topological polar surface area (TPSA) is 61.4 Å². The van der Waals surface area contributed by atoms with Crippen molar-refractivity contribution in [1.29, 1.82) is 0 Å². The van der Waals surface area contributed by atoms with Gasteiger partial charge in [0.25, 0.3) is 5.91 Å². The van der Waals surface area contributed by atoms with Gasteiger partial charge in [-0.05, 0) is 14.0 Å². The highest BCUT2D eigenvalue weighted by atomic mass is 16.2. The Balaban J connectivity index is 2.10. The number of carbonyl (C=O) groups is 1. The lowest BCUT2D eigenvalue weighted by molar-refractivity contribution is 0.0527. The number of anilines is 1. The van der Waals surface area contributed by atoms with Crippen LogP contribution in [0.25, 0.3) is 0 Å². The van der Waals surface area contributed by atoms with Crippen molar-refractivity contribution in [1.82, 2.24) is 19.8 Å². The standard InChI is InChI=1S/C12H19N5O/c1-9-8-16(3)4-5-17(9)12(18)10-6-15-11(13-2)7-14-10/h6-7,9H,4-5,8H2,1-3H3,(H,13,15). The molecule has 1 atom stereocenters. The van der Waals surface area contributed by atoms with Gasteiger partial charge in [0.05, 0.1) is 12.4 Å². The van der Waals surface area contributed by atoms with E-state index in [1.54, 1.807) is 13.2 Å². The van der Waals surface area contributed by atoms with Crippen molar-refractivity contribution < 1.29 is 4.79 Å². The second kappa shape index (κ2) is 5.30. The molecule has 0 aliphatic carbocycles. The van der Waals surface area contributed by atoms with E-state index < -0.39 is 0 Å². The Morgan fingerprint density at radius 3 is 2.72 bits per heavy atom. The summed E-state index contributed by atoms with van der Waals surface area (Å²) in [6.07, 6.45) is 3.10. The van der Waals surface area contributed by atoms with Gasteiger partial charge in [0.15, 0.2) is 0 Å². The fraction of sp³-hybridized carbons (Fsp3) is 0.583. The van der Waals surface area contributed by atoms with Gasteiger partial charge in [-0.15, -0.1) is 0 Å². The molecule has 6 nitrogen and oxygen atoms in total. The second-order valence-electron chi connectivity index (χ2n) is 4.65. The van der Waals surface area contributed by atoms with E-state index in [0.29, 0.717) is 11.5 Å². The van der Waals surface area contributed by atoms with Crippen molar-refractivity contribution >= 4 is 11.7 Å². The van der Waals surface area contributed by atoms with Crippen LogP contribution >= 0.6 is 0 Å². The Labute approximate surface area is 107 Å². The Bertz CT molecular complexity index is 419. The van der Waals surface area contributed by atoms with E-state index in [2.05, 4.69) is 34.2 Å². The summed E-state index contributed by atoms with van der Waals surface area (Å²) in [5, 5.41) is 2.88. The van der Waals surface area contributed by atoms with Gasteiger partial charge in [-0.3, -0.25) is 4.79 Å². The van der Waals surface area contributed by atoms with Crippen LogP contribution in [0, 0.1) is 0 Å². The van der Waals surface area contributed by atoms with Crippen LogP contribution in [0.1, 0.15) is 17.4 Å². The molecule has 1 aliphatic rings. The molecule has 1 amide bonds. The largest absolute Gasteiger partial charge is 0.372 e. The number of rotatable bonds is 2. The molecular formula is C12H19N5O. The minimum Gasteiger partial charge on any atom is -0.372 e. The predicted molar refractivity (Wildman–Crippen MR) is 69.6 cm³/mol. The van der Waals surface area contributed by atoms with Crippen molar-refractivity contribution in [3.8, 4) is 0 Å². The number of nitrogens with zero attached hydrogens (tertiary/aromatic N) is 4. The van der Waals surface area contributed by atoms with E-state index in [1.165, 1.54) is 6.20 Å². The molecule has 2 heterocycles. The van der Waals surface area contributed by atoms with Gasteiger partial charge in [0.1, 0.15) is 11.5 Å². The molecule has 1 unspecified atom stereocenters. The fourth-order valence-electron chi connectivity index (χ4n) is 2.16. The Kier molecular flexibility index (Phi) is 3.76. The maximum Gasteiger partial charge on any atom is 0.274 e. The maximum absolute atomic E-state index is 12.3. The van der Waals surface area contributed by atoms with E-state index in [0.717, 1.165) is 19.6 Å². The lowest BCUT2D eigenvalue weighted by atomic mass is 10.2. The third-order valence-electron chi connectivity index (χ3n) is 3.22. The molecule has 1 fully saturated rings. The van der Waals surface area contributed by atoms with Gasteiger partial charge in [0.2, 0.25) is 0 Å². The van der Waals surface area contributed by atoms with E-state index in [1.807, 2.05) is 4.90 Å². The van der Waals surface area contributed by atoms with Gasteiger partial charge < -0.3 is 15.1 Å². The number of hydrogen-bond acceptors (Lipinski definition) is 5. The molecule has 0 aromatic carbocycles. The van der Waals surface area contributed by atoms with E-state index in [9.17, 15) is 4.79 Å². The van der Waals surface area contributed by atoms with Crippen LogP contribution in [0.4, 0.5) is 5.82 Å². The molecule has 1 N–H and O–H groups in total. The number of hydrogen-bond donors (Lipinski definition) is 1. The van der Waals surface area contributed by atoms with Crippen LogP contribution in [0.3, 0.4) is 0 Å². The van der Waals surface area contributed by atoms with Crippen LogP contribution in [0.2, 0.25) is 0 Å². The number of likely N-dealkylation sites (N-methyl/N-ethyl adjacent to an activating group) is 1. The first kappa shape index (κ1) is 12.8. The summed E-state index contributed by atoms with van der Waals surface area (Å²) in [5.41, 5.74) is 0.408. The SMILES string of the molecule is CNc1cnc(C(=O)N2CCN(C)CC2C)cn1. The molecule has 1 aliphatic heterocycles. The molecule has 1 aromatic heterocycles. The fourth-order valence-corrected chi connectivity index (χ4v) is 2.16. The highest BCUT2D eigenvalue weighted by Gasteiger charge is 2.27. The summed E-state index contributed by atoms with van der Waals surface area (Å²) < 4.78 is 0. The highest BCUT2D eigenvalue weighted by Crippen LogP contribution is 2.12. The van der Waals surface area contributed by atoms with Crippen LogP contribution < -0.4 is 5.32 Å². The molecular weight excluding hydrogens is 230 g/mol. The van der Waals surface area contributed by atoms with Crippen molar-refractivity contribution in [3.05, 3.63) is 18.1 Å². The molecule has 0 saturated carbocycles. The zero-order valence-corrected chi connectivity index (χ0v) is 11.1. The Morgan fingerprint density at radius 2 is 2.17 bits per heavy atom. The average Bonchev–Trinajstić information content (AvgIpc) is 2.38. The van der Waals surface area contributed by atoms with Crippen molar-refractivity contribution in [2.24, 2.45) is 0 Å². The zero-order valence-electron chi connectivity index (χ0n) is 11.1. The highest BCUT2D eigenvalue weighted by molar-refractivity contribution is 5.92. The molecule has 98 valence electrons. The normalized spacial score (nSPS) is 20.8. The molecule has 1 aromatic rings. The van der Waals surface area contributed by atoms with Gasteiger partial charge in [-0.25, -0.2) is 9.97 Å². The number of nitrogens with one attached hydrogen (secondary N) is 1. The van der Waals surface area contributed by atoms with Gasteiger partial charge in [-0.1, -0.05) is 0 Å². The molecule has 0 radical (unpaired) electrons. The van der Waals surface area contributed by atoms with Crippen LogP contribution in [-0.2, 0) is 0 Å². The lowest BCUT2D eigenvalue weighted by Crippen LogP contribution is -2.52. The van der Waals surface area contributed by atoms with Crippen molar-refractivity contribution in [2.45, 2.75) is 13.0 Å². The minimum absolute atomic E-state index is 0.0363. The molecule has 18 heavy (non-hydrogen) atoms. The first-order valence-corrected chi connectivity index (χ1v) is 6.11. The van der Waals surface area contributed by atoms with E-state index >= 15 is 0 Å². The Hall–Kier alpha value is -1.69. The second-order valence-corrected chi connectivity index (χ2v) is 4.65. The molecule has 0 spiro atoms. The average molecular weight is 249 g/mol. The molecule has 6 heteroatoms. The molecule has 0 bridgehead atoms. The van der Waals surface area contributed by atoms with E-state index in [-0.39, 0.29) is 11.9 Å². The van der Waals surface area contributed by atoms with E-state index in [4.69, 9.17) is 0 Å². The van der Waals surface area contributed by atoms with Gasteiger partial charge in [-0.2, -0.15) is 0 Å². The summed E-state index contributed by atoms with van der Waals surface area (Å²) in [7, 11) is 3.84. The molecule has 2 rings (SSSR count). The monoisotopic (exact) mass is 249 g/mol. The maximum atomic E-state index is 12.3. The summed E-state index contributed by atoms with van der Waals surface area (Å²) in [6.45, 7) is 4.60. The van der Waals surface area contributed by atoms with Crippen molar-refractivity contribution in [2.75, 3.05) is 39.0 Å². The van der Waals surface area contributed by atoms with Crippen LogP contribution in [0.5, 0.6) is 0 Å². The van der Waals surface area contributed by atoms with Crippen LogP contribution in [-0.4, -0.2) is 65.4 Å². The first-order chi connectivity index (χ1) is 8.61. The Morgan fingerprint density at radius 1 is 1.39 bits per heavy atom. The third-order valence-corrected chi connectivity index (χ3v) is 3.22. The smallest absolute Gasteiger partial charge is 0.274 e. The first-order valence-electron chi connectivity index (χ1n) is 6.11. The number of amides is 1. The zero-order chi connectivity index (χ0) is 13.1. The number of aromatic nitrogens is 2. The quantitative estimate of drug-likeness (QED) is 0.816.